The van der Waals surface area contributed by atoms with Gasteiger partial charge < -0.3 is 4.74 Å². The maximum Gasteiger partial charge on any atom is 0.140 e. The van der Waals surface area contributed by atoms with E-state index in [4.69, 9.17) is 4.74 Å². The molecule has 2 nitrogen and oxygen atoms in total. The van der Waals surface area contributed by atoms with Crippen LogP contribution in [0.3, 0.4) is 0 Å². The number of hydrogen-bond acceptors (Lipinski definition) is 2. The van der Waals surface area contributed by atoms with Gasteiger partial charge in [0.05, 0.1) is 6.61 Å². The van der Waals surface area contributed by atoms with E-state index < -0.39 is 0 Å². The zero-order valence-corrected chi connectivity index (χ0v) is 20.9. The molecule has 5 rings (SSSR count). The minimum atomic E-state index is -0.0995. The van der Waals surface area contributed by atoms with Gasteiger partial charge in [-0.1, -0.05) is 74.2 Å². The zero-order valence-electron chi connectivity index (χ0n) is 20.9. The second-order valence-corrected chi connectivity index (χ2v) is 11.1. The van der Waals surface area contributed by atoms with E-state index in [1.807, 2.05) is 0 Å². The van der Waals surface area contributed by atoms with Crippen LogP contribution in [0.25, 0.3) is 10.8 Å². The van der Waals surface area contributed by atoms with Crippen molar-refractivity contribution in [2.24, 2.45) is 10.8 Å². The molecule has 0 aliphatic heterocycles. The van der Waals surface area contributed by atoms with Crippen LogP contribution in [-0.2, 0) is 4.79 Å². The molecule has 180 valence electrons. The number of ketones is 1. The Labute approximate surface area is 205 Å². The molecule has 2 aromatic rings. The Kier molecular flexibility index (Phi) is 6.95. The van der Waals surface area contributed by atoms with Crippen molar-refractivity contribution in [2.45, 2.75) is 90.4 Å². The Morgan fingerprint density at radius 3 is 2.71 bits per heavy atom. The third-order valence-corrected chi connectivity index (χ3v) is 8.72. The number of carbonyl (C=O) groups excluding carboxylic acids is 1. The van der Waals surface area contributed by atoms with Gasteiger partial charge in [-0.15, -0.1) is 0 Å². The topological polar surface area (TPSA) is 26.3 Å². The van der Waals surface area contributed by atoms with E-state index in [1.54, 1.807) is 11.1 Å². The van der Waals surface area contributed by atoms with Crippen molar-refractivity contribution in [3.63, 3.8) is 0 Å². The molecule has 3 aliphatic carbocycles. The van der Waals surface area contributed by atoms with Crippen LogP contribution >= 0.6 is 0 Å². The highest BCUT2D eigenvalue weighted by Gasteiger charge is 2.58. The van der Waals surface area contributed by atoms with Gasteiger partial charge in [0.15, 0.2) is 0 Å². The lowest BCUT2D eigenvalue weighted by Crippen LogP contribution is -2.33. The molecule has 0 aromatic heterocycles. The molecule has 2 atom stereocenters. The van der Waals surface area contributed by atoms with Crippen molar-refractivity contribution in [3.05, 3.63) is 65.8 Å². The maximum atomic E-state index is 13.5. The first-order valence-electron chi connectivity index (χ1n) is 13.7. The van der Waals surface area contributed by atoms with Crippen LogP contribution in [0.15, 0.2) is 65.8 Å². The van der Waals surface area contributed by atoms with Crippen LogP contribution in [0, 0.1) is 10.8 Å². The molecule has 0 N–H and O–H groups in total. The van der Waals surface area contributed by atoms with Gasteiger partial charge in [0.1, 0.15) is 11.5 Å². The van der Waals surface area contributed by atoms with E-state index in [-0.39, 0.29) is 10.8 Å². The van der Waals surface area contributed by atoms with Gasteiger partial charge in [-0.2, -0.15) is 0 Å². The molecular weight excluding hydrogens is 416 g/mol. The molecule has 1 fully saturated rings. The quantitative estimate of drug-likeness (QED) is 0.316. The zero-order chi connectivity index (χ0) is 23.4. The van der Waals surface area contributed by atoms with Gasteiger partial charge in [-0.3, -0.25) is 4.79 Å². The summed E-state index contributed by atoms with van der Waals surface area (Å²) in [5, 5.41) is 2.47. The SMILES string of the molecule is CCCCCCC1=C2C=CCC[C@]23CC(=O)[C@](CCCCOc2ccc4ccccc4c2)(C1)C3. The highest BCUT2D eigenvalue weighted by atomic mass is 16.5. The van der Waals surface area contributed by atoms with Crippen LogP contribution in [0.1, 0.15) is 90.4 Å². The van der Waals surface area contributed by atoms with Gasteiger partial charge in [-0.25, -0.2) is 0 Å². The van der Waals surface area contributed by atoms with E-state index in [0.29, 0.717) is 5.78 Å². The number of unbranched alkanes of at least 4 members (excludes halogenated alkanes) is 4. The lowest BCUT2D eigenvalue weighted by molar-refractivity contribution is -0.126. The number of carbonyl (C=O) groups is 1. The van der Waals surface area contributed by atoms with E-state index in [1.165, 1.54) is 49.3 Å². The maximum absolute atomic E-state index is 13.5. The molecule has 0 radical (unpaired) electrons. The van der Waals surface area contributed by atoms with Crippen LogP contribution < -0.4 is 4.74 Å². The van der Waals surface area contributed by atoms with Gasteiger partial charge in [0.2, 0.25) is 0 Å². The minimum Gasteiger partial charge on any atom is -0.494 e. The monoisotopic (exact) mass is 456 g/mol. The molecule has 1 spiro atoms. The fraction of sp³-hybridized carbons (Fsp3) is 0.531. The summed E-state index contributed by atoms with van der Waals surface area (Å²) in [5.74, 6) is 1.50. The molecule has 0 unspecified atom stereocenters. The van der Waals surface area contributed by atoms with Crippen LogP contribution in [0.2, 0.25) is 0 Å². The Morgan fingerprint density at radius 1 is 0.941 bits per heavy atom. The Balaban J connectivity index is 1.20. The number of rotatable bonds is 11. The molecule has 0 amide bonds. The van der Waals surface area contributed by atoms with Gasteiger partial charge in [0, 0.05) is 17.3 Å². The first kappa shape index (κ1) is 23.4. The summed E-state index contributed by atoms with van der Waals surface area (Å²) in [6.07, 6.45) is 19.5. The largest absolute Gasteiger partial charge is 0.494 e. The summed E-state index contributed by atoms with van der Waals surface area (Å²) in [6, 6.07) is 14.7. The lowest BCUT2D eigenvalue weighted by Gasteiger charge is -2.43. The third-order valence-electron chi connectivity index (χ3n) is 8.72. The molecule has 1 saturated carbocycles. The Morgan fingerprint density at radius 2 is 1.82 bits per heavy atom. The molecule has 2 aromatic carbocycles. The summed E-state index contributed by atoms with van der Waals surface area (Å²) < 4.78 is 6.09. The fourth-order valence-electron chi connectivity index (χ4n) is 7.02. The number of ether oxygens (including phenoxy) is 1. The molecule has 3 aliphatic rings. The van der Waals surface area contributed by atoms with Crippen molar-refractivity contribution in [1.29, 1.82) is 0 Å². The summed E-state index contributed by atoms with van der Waals surface area (Å²) >= 11 is 0. The van der Waals surface area contributed by atoms with Crippen molar-refractivity contribution in [2.75, 3.05) is 6.61 Å². The first-order chi connectivity index (χ1) is 16.6. The fourth-order valence-corrected chi connectivity index (χ4v) is 7.02. The summed E-state index contributed by atoms with van der Waals surface area (Å²) in [7, 11) is 0. The lowest BCUT2D eigenvalue weighted by atomic mass is 9.61. The van der Waals surface area contributed by atoms with Gasteiger partial charge in [0.25, 0.3) is 0 Å². The molecule has 34 heavy (non-hydrogen) atoms. The number of benzene rings is 2. The van der Waals surface area contributed by atoms with Crippen molar-refractivity contribution in [3.8, 4) is 5.75 Å². The van der Waals surface area contributed by atoms with E-state index >= 15 is 0 Å². The molecular formula is C32H40O2. The van der Waals surface area contributed by atoms with E-state index in [0.717, 1.165) is 57.3 Å². The number of Topliss-reactive ketones (excluding diaryl/α,β-unsaturated/α-hetero) is 1. The number of allylic oxidation sites excluding steroid dienone is 4. The number of hydrogen-bond donors (Lipinski definition) is 0. The Hall–Kier alpha value is -2.35. The predicted octanol–water partition coefficient (Wildman–Crippen LogP) is 8.75. The van der Waals surface area contributed by atoms with Crippen molar-refractivity contribution in [1.82, 2.24) is 0 Å². The molecule has 0 heterocycles. The minimum absolute atomic E-state index is 0.0995. The normalized spacial score (nSPS) is 25.7. The highest BCUT2D eigenvalue weighted by molar-refractivity contribution is 5.90. The second-order valence-electron chi connectivity index (χ2n) is 11.1. The van der Waals surface area contributed by atoms with Crippen molar-refractivity contribution < 1.29 is 9.53 Å². The number of fused-ring (bicyclic) bond motifs is 2. The van der Waals surface area contributed by atoms with E-state index in [2.05, 4.69) is 61.5 Å². The smallest absolute Gasteiger partial charge is 0.140 e. The van der Waals surface area contributed by atoms with Crippen LogP contribution in [-0.4, -0.2) is 12.4 Å². The van der Waals surface area contributed by atoms with Crippen LogP contribution in [0.5, 0.6) is 5.75 Å². The Bertz CT molecular complexity index is 1090. The van der Waals surface area contributed by atoms with Gasteiger partial charge >= 0.3 is 0 Å². The summed E-state index contributed by atoms with van der Waals surface area (Å²) in [5.41, 5.74) is 3.25. The highest BCUT2D eigenvalue weighted by Crippen LogP contribution is 2.64. The molecule has 2 bridgehead atoms. The second kappa shape index (κ2) is 10.1. The molecule has 2 heteroatoms. The van der Waals surface area contributed by atoms with Crippen molar-refractivity contribution >= 4 is 16.6 Å². The van der Waals surface area contributed by atoms with Gasteiger partial charge in [-0.05, 0) is 86.3 Å². The average molecular weight is 457 g/mol. The third kappa shape index (κ3) is 4.61. The average Bonchev–Trinajstić information content (AvgIpc) is 3.07. The summed E-state index contributed by atoms with van der Waals surface area (Å²) in [6.45, 7) is 3.00. The van der Waals surface area contributed by atoms with Crippen LogP contribution in [0.4, 0.5) is 0 Å². The summed E-state index contributed by atoms with van der Waals surface area (Å²) in [4.78, 5) is 13.5. The first-order valence-corrected chi connectivity index (χ1v) is 13.7. The standard InChI is InChI=1S/C32H40O2/c1-2-3-4-5-14-27-22-32(24-31(23-30(32)33)18-9-8-15-29(27)31)19-10-11-20-34-28-17-16-25-12-6-7-13-26(25)21-28/h6-8,12-13,15-17,21H,2-5,9-11,14,18-20,22-24H2,1H3/t31-,32-/m1/s1. The molecule has 0 saturated heterocycles. The predicted molar refractivity (Wildman–Crippen MR) is 141 cm³/mol. The van der Waals surface area contributed by atoms with E-state index in [9.17, 15) is 4.79 Å².